The van der Waals surface area contributed by atoms with Crippen LogP contribution in [0.15, 0.2) is 97.1 Å². The Morgan fingerprint density at radius 1 is 0.231 bits per heavy atom. The molecule has 0 fully saturated rings. The Morgan fingerprint density at radius 3 is 0.551 bits per heavy atom. The van der Waals surface area contributed by atoms with Crippen LogP contribution in [0.5, 0.6) is 23.0 Å². The minimum atomic E-state index is -1.65. The minimum absolute atomic E-state index is 0.0195. The van der Waals surface area contributed by atoms with Gasteiger partial charge in [0.2, 0.25) is 0 Å². The molecule has 0 heterocycles. The van der Waals surface area contributed by atoms with Crippen molar-refractivity contribution < 1.29 is 18.1 Å². The first kappa shape index (κ1) is 62.6. The number of aryl methyl sites for hydroxylation is 4. The second-order valence-corrected chi connectivity index (χ2v) is 33.4. The zero-order valence-electron chi connectivity index (χ0n) is 53.8. The van der Waals surface area contributed by atoms with Crippen LogP contribution < -0.4 is 28.7 Å². The summed E-state index contributed by atoms with van der Waals surface area (Å²) in [4.78, 5) is 0. The van der Waals surface area contributed by atoms with Gasteiger partial charge in [-0.1, -0.05) is 215 Å². The van der Waals surface area contributed by atoms with Crippen LogP contribution in [-0.2, 0) is 43.3 Å². The van der Waals surface area contributed by atoms with Crippen molar-refractivity contribution in [2.45, 2.75) is 237 Å². The van der Waals surface area contributed by atoms with E-state index in [1.807, 2.05) is 0 Å². The average Bonchev–Trinajstić information content (AvgIpc) is 3.25. The van der Waals surface area contributed by atoms with Crippen LogP contribution in [0.3, 0.4) is 0 Å². The van der Waals surface area contributed by atoms with Crippen LogP contribution >= 0.6 is 16.8 Å². The SMILES string of the molecule is Cc1cc(OP(Oc2cc(C)c(C(C)(C)C)cc2C(C)(C)C)c2ccc(-c3ccc(P(Oc4cc(C)c(C(C)(C)C)cc4C(C)(C)C)Oc4cc(C)c(C(C)(C)C)cc4C(C)(C)C)cc3)cc2)c(C(C)(C)C)cc1C(C)(C)C. The summed E-state index contributed by atoms with van der Waals surface area (Å²) < 4.78 is 29.3. The Labute approximate surface area is 478 Å². The summed E-state index contributed by atoms with van der Waals surface area (Å²) in [6.07, 6.45) is 0. The third-order valence-electron chi connectivity index (χ3n) is 15.0. The summed E-state index contributed by atoms with van der Waals surface area (Å²) in [6.45, 7) is 63.6. The van der Waals surface area contributed by atoms with Gasteiger partial charge in [-0.05, 0) is 175 Å². The second-order valence-electron chi connectivity index (χ2n) is 30.6. The van der Waals surface area contributed by atoms with Gasteiger partial charge in [0.15, 0.2) is 0 Å². The predicted octanol–water partition coefficient (Wildman–Crippen LogP) is 21.2. The molecule has 6 aromatic carbocycles. The normalized spacial score (nSPS) is 13.4. The van der Waals surface area contributed by atoms with Crippen molar-refractivity contribution >= 4 is 27.4 Å². The summed E-state index contributed by atoms with van der Waals surface area (Å²) in [5, 5.41) is 1.99. The second kappa shape index (κ2) is 22.0. The van der Waals surface area contributed by atoms with Crippen LogP contribution in [0.4, 0.5) is 0 Å². The molecule has 4 nitrogen and oxygen atoms in total. The monoisotopic (exact) mass is 1090 g/mol. The van der Waals surface area contributed by atoms with Gasteiger partial charge in [0, 0.05) is 22.3 Å². The Kier molecular flexibility index (Phi) is 17.7. The van der Waals surface area contributed by atoms with Gasteiger partial charge in [-0.25, -0.2) is 0 Å². The Bertz CT molecular complexity index is 2720. The lowest BCUT2D eigenvalue weighted by molar-refractivity contribution is 0.464. The van der Waals surface area contributed by atoms with Crippen molar-refractivity contribution in [2.75, 3.05) is 0 Å². The van der Waals surface area contributed by atoms with Gasteiger partial charge >= 0.3 is 16.8 Å². The van der Waals surface area contributed by atoms with Crippen molar-refractivity contribution in [3.05, 3.63) is 164 Å². The highest BCUT2D eigenvalue weighted by Crippen LogP contribution is 2.51. The van der Waals surface area contributed by atoms with E-state index in [1.54, 1.807) is 0 Å². The smallest absolute Gasteiger partial charge is 0.326 e. The molecular weight excluding hydrogens is 991 g/mol. The first-order valence-electron chi connectivity index (χ1n) is 28.5. The highest BCUT2D eigenvalue weighted by molar-refractivity contribution is 7.57. The van der Waals surface area contributed by atoms with E-state index in [4.69, 9.17) is 18.1 Å². The lowest BCUT2D eigenvalue weighted by Gasteiger charge is -2.32. The van der Waals surface area contributed by atoms with E-state index in [0.717, 1.165) is 44.7 Å². The molecule has 0 N–H and O–H groups in total. The van der Waals surface area contributed by atoms with Crippen LogP contribution in [0, 0.1) is 27.7 Å². The fraction of sp³-hybridized carbons (Fsp3) is 0.500. The van der Waals surface area contributed by atoms with Gasteiger partial charge in [-0.3, -0.25) is 0 Å². The van der Waals surface area contributed by atoms with Gasteiger partial charge in [0.25, 0.3) is 0 Å². The Morgan fingerprint density at radius 2 is 0.397 bits per heavy atom. The molecular formula is C72H100O4P2. The fourth-order valence-corrected chi connectivity index (χ4v) is 13.4. The maximum atomic E-state index is 7.34. The molecule has 0 aromatic heterocycles. The van der Waals surface area contributed by atoms with Crippen molar-refractivity contribution in [1.82, 2.24) is 0 Å². The van der Waals surface area contributed by atoms with E-state index in [0.29, 0.717) is 0 Å². The quantitative estimate of drug-likeness (QED) is 0.121. The van der Waals surface area contributed by atoms with Gasteiger partial charge in [0.1, 0.15) is 23.0 Å². The maximum Gasteiger partial charge on any atom is 0.326 e. The van der Waals surface area contributed by atoms with E-state index in [9.17, 15) is 0 Å². The van der Waals surface area contributed by atoms with Gasteiger partial charge in [-0.2, -0.15) is 0 Å². The van der Waals surface area contributed by atoms with Crippen LogP contribution in [-0.4, -0.2) is 0 Å². The van der Waals surface area contributed by atoms with Crippen molar-refractivity contribution in [1.29, 1.82) is 0 Å². The standard InChI is InChI=1S/C72H100O4P2/c1-45-37-61(57(69(17,18)19)41-53(45)65(5,6)7)73-77(74-62-38-46(2)54(66(8,9)10)42-58(62)70(20,21)22)51-33-29-49(30-34-51)50-31-35-52(36-32-50)78(75-63-39-47(3)55(67(11,12)13)43-59(63)71(23,24)25)76-64-40-48(4)56(68(14,15)16)44-60(64)72(26,27)28/h29-44H,1-28H3. The van der Waals surface area contributed by atoms with Crippen LogP contribution in [0.2, 0.25) is 0 Å². The van der Waals surface area contributed by atoms with Gasteiger partial charge in [0.05, 0.1) is 10.6 Å². The van der Waals surface area contributed by atoms with Crippen molar-refractivity contribution in [3.63, 3.8) is 0 Å². The van der Waals surface area contributed by atoms with Crippen LogP contribution in [0.25, 0.3) is 11.1 Å². The molecule has 6 heteroatoms. The molecule has 0 aliphatic rings. The predicted molar refractivity (Wildman–Crippen MR) is 342 cm³/mol. The van der Waals surface area contributed by atoms with Crippen molar-refractivity contribution in [2.24, 2.45) is 0 Å². The van der Waals surface area contributed by atoms with E-state index in [2.05, 4.69) is 291 Å². The molecule has 0 unspecified atom stereocenters. The van der Waals surface area contributed by atoms with Crippen molar-refractivity contribution in [3.8, 4) is 34.1 Å². The minimum Gasteiger partial charge on any atom is -0.435 e. The molecule has 0 spiro atoms. The lowest BCUT2D eigenvalue weighted by atomic mass is 9.78. The van der Waals surface area contributed by atoms with E-state index in [1.165, 1.54) is 66.8 Å². The third kappa shape index (κ3) is 14.6. The van der Waals surface area contributed by atoms with E-state index in [-0.39, 0.29) is 43.3 Å². The summed E-state index contributed by atoms with van der Waals surface area (Å²) in [6, 6.07) is 36.1. The molecule has 0 amide bonds. The summed E-state index contributed by atoms with van der Waals surface area (Å²) >= 11 is 0. The first-order valence-corrected chi connectivity index (χ1v) is 30.9. The summed E-state index contributed by atoms with van der Waals surface area (Å²) in [7, 11) is -3.31. The molecule has 0 saturated heterocycles. The molecule has 422 valence electrons. The highest BCUT2D eigenvalue weighted by atomic mass is 31.2. The molecule has 0 radical (unpaired) electrons. The number of hydrogen-bond donors (Lipinski definition) is 0. The summed E-state index contributed by atoms with van der Waals surface area (Å²) in [5.41, 5.74) is 16.3. The molecule has 0 aliphatic carbocycles. The average molecular weight is 1090 g/mol. The number of hydrogen-bond acceptors (Lipinski definition) is 4. The highest BCUT2D eigenvalue weighted by Gasteiger charge is 2.34. The zero-order valence-corrected chi connectivity index (χ0v) is 55.6. The molecule has 0 bridgehead atoms. The zero-order chi connectivity index (χ0) is 58.8. The van der Waals surface area contributed by atoms with Gasteiger partial charge in [-0.15, -0.1) is 0 Å². The Hall–Kier alpha value is -4.62. The maximum absolute atomic E-state index is 7.34. The Balaban J connectivity index is 1.48. The lowest BCUT2D eigenvalue weighted by Crippen LogP contribution is -2.21. The molecule has 6 rings (SSSR count). The van der Waals surface area contributed by atoms with E-state index < -0.39 is 16.8 Å². The fourth-order valence-electron chi connectivity index (χ4n) is 10.8. The molecule has 0 aliphatic heterocycles. The first-order chi connectivity index (χ1) is 35.3. The third-order valence-corrected chi connectivity index (χ3v) is 17.9. The van der Waals surface area contributed by atoms with Gasteiger partial charge < -0.3 is 18.1 Å². The number of benzene rings is 6. The molecule has 0 saturated carbocycles. The molecule has 0 atom stereocenters. The topological polar surface area (TPSA) is 36.9 Å². The largest absolute Gasteiger partial charge is 0.435 e. The van der Waals surface area contributed by atoms with Crippen LogP contribution in [0.1, 0.15) is 233 Å². The molecule has 78 heavy (non-hydrogen) atoms. The molecule has 6 aromatic rings. The number of rotatable bonds is 11. The van der Waals surface area contributed by atoms with E-state index >= 15 is 0 Å². The summed E-state index contributed by atoms with van der Waals surface area (Å²) in [5.74, 6) is 3.46.